The van der Waals surface area contributed by atoms with E-state index in [1.54, 1.807) is 0 Å². The number of aliphatic hydroxyl groups is 2. The highest BCUT2D eigenvalue weighted by Crippen LogP contribution is 2.61. The summed E-state index contributed by atoms with van der Waals surface area (Å²) in [5.41, 5.74) is -0.289. The minimum absolute atomic E-state index is 0.00124. The summed E-state index contributed by atoms with van der Waals surface area (Å²) in [6.45, 7) is 9.17. The first-order chi connectivity index (χ1) is 10.1. The maximum absolute atomic E-state index is 12.0. The highest BCUT2D eigenvalue weighted by Gasteiger charge is 2.55. The fourth-order valence-electron chi connectivity index (χ4n) is 5.15. The molecule has 1 amide bonds. The number of carbonyl (C=O) groups is 1. The molecule has 4 heteroatoms. The second-order valence-electron chi connectivity index (χ2n) is 8.79. The number of hydrogen-bond acceptors (Lipinski definition) is 3. The van der Waals surface area contributed by atoms with E-state index in [4.69, 9.17) is 5.11 Å². The summed E-state index contributed by atoms with van der Waals surface area (Å²) in [5.74, 6) is 0.457. The molecule has 4 atom stereocenters. The number of aliphatic hydroxyl groups excluding tert-OH is 1. The molecule has 0 aromatic heterocycles. The minimum atomic E-state index is -0.782. The van der Waals surface area contributed by atoms with Crippen LogP contribution in [-0.2, 0) is 4.79 Å². The average Bonchev–Trinajstić information content (AvgIpc) is 2.39. The zero-order valence-corrected chi connectivity index (χ0v) is 14.6. The summed E-state index contributed by atoms with van der Waals surface area (Å²) in [6.07, 6.45) is 5.73. The Morgan fingerprint density at radius 1 is 1.18 bits per heavy atom. The third-order valence-corrected chi connectivity index (χ3v) is 6.43. The molecule has 3 N–H and O–H groups in total. The first kappa shape index (κ1) is 17.7. The molecule has 0 aromatic rings. The minimum Gasteiger partial charge on any atom is -0.395 e. The van der Waals surface area contributed by atoms with E-state index in [1.165, 1.54) is 19.3 Å². The molecule has 0 saturated heterocycles. The van der Waals surface area contributed by atoms with Crippen LogP contribution >= 0.6 is 0 Å². The third kappa shape index (κ3) is 3.48. The Labute approximate surface area is 134 Å². The average molecular weight is 311 g/mol. The van der Waals surface area contributed by atoms with Gasteiger partial charge in [0.2, 0.25) is 5.91 Å². The molecule has 0 spiro atoms. The smallest absolute Gasteiger partial charge is 0.220 e. The second-order valence-corrected chi connectivity index (χ2v) is 8.79. The SMILES string of the molecule is CC1(C)CCC[C@]2(C)C[C@H](CC(=O)NCCO)[C@](C)(O)C[C@H]12. The van der Waals surface area contributed by atoms with Gasteiger partial charge in [0.25, 0.3) is 0 Å². The molecular weight excluding hydrogens is 278 g/mol. The van der Waals surface area contributed by atoms with Crippen molar-refractivity contribution in [1.29, 1.82) is 0 Å². The highest BCUT2D eigenvalue weighted by atomic mass is 16.3. The topological polar surface area (TPSA) is 69.6 Å². The first-order valence-corrected chi connectivity index (χ1v) is 8.71. The zero-order valence-electron chi connectivity index (χ0n) is 14.6. The molecule has 128 valence electrons. The number of nitrogens with one attached hydrogen (secondary N) is 1. The van der Waals surface area contributed by atoms with Gasteiger partial charge in [-0.1, -0.05) is 27.2 Å². The molecule has 2 aliphatic carbocycles. The van der Waals surface area contributed by atoms with Gasteiger partial charge >= 0.3 is 0 Å². The van der Waals surface area contributed by atoms with E-state index in [0.717, 1.165) is 12.8 Å². The fourth-order valence-corrected chi connectivity index (χ4v) is 5.15. The van der Waals surface area contributed by atoms with Crippen LogP contribution < -0.4 is 5.32 Å². The lowest BCUT2D eigenvalue weighted by Crippen LogP contribution is -2.55. The first-order valence-electron chi connectivity index (χ1n) is 8.71. The maximum Gasteiger partial charge on any atom is 0.220 e. The van der Waals surface area contributed by atoms with Crippen molar-refractivity contribution in [2.24, 2.45) is 22.7 Å². The van der Waals surface area contributed by atoms with Crippen LogP contribution in [0.25, 0.3) is 0 Å². The molecule has 2 aliphatic rings. The molecule has 0 bridgehead atoms. The lowest BCUT2D eigenvalue weighted by molar-refractivity contribution is -0.154. The lowest BCUT2D eigenvalue weighted by atomic mass is 9.47. The molecular formula is C18H33NO3. The standard InChI is InChI=1S/C18H33NO3/c1-16(2)6-5-7-17(3)11-13(10-15(21)19-8-9-20)18(4,22)12-14(16)17/h13-14,20,22H,5-12H2,1-4H3,(H,19,21)/t13-,14+,17+,18+/m0/s1. The number of carbonyl (C=O) groups excluding carboxylic acids is 1. The quantitative estimate of drug-likeness (QED) is 0.747. The van der Waals surface area contributed by atoms with Crippen LogP contribution in [0.15, 0.2) is 0 Å². The van der Waals surface area contributed by atoms with Crippen LogP contribution in [0, 0.1) is 22.7 Å². The van der Waals surface area contributed by atoms with Crippen molar-refractivity contribution in [3.05, 3.63) is 0 Å². The van der Waals surface area contributed by atoms with Crippen LogP contribution in [0.4, 0.5) is 0 Å². The number of fused-ring (bicyclic) bond motifs is 1. The summed E-state index contributed by atoms with van der Waals surface area (Å²) in [4.78, 5) is 12.0. The second kappa shape index (κ2) is 6.12. The Bertz CT molecular complexity index is 419. The molecule has 0 aromatic carbocycles. The van der Waals surface area contributed by atoms with Crippen molar-refractivity contribution < 1.29 is 15.0 Å². The van der Waals surface area contributed by atoms with Gasteiger partial charge in [-0.2, -0.15) is 0 Å². The van der Waals surface area contributed by atoms with Crippen molar-refractivity contribution in [2.45, 2.75) is 71.8 Å². The molecule has 0 heterocycles. The van der Waals surface area contributed by atoms with Gasteiger partial charge in [0, 0.05) is 13.0 Å². The Balaban J connectivity index is 2.13. The Morgan fingerprint density at radius 3 is 2.50 bits per heavy atom. The number of rotatable bonds is 4. The monoisotopic (exact) mass is 311 g/mol. The Kier molecular flexibility index (Phi) is 4.94. The van der Waals surface area contributed by atoms with Crippen LogP contribution in [0.2, 0.25) is 0 Å². The summed E-state index contributed by atoms with van der Waals surface area (Å²) in [7, 11) is 0. The van der Waals surface area contributed by atoms with Gasteiger partial charge in [-0.25, -0.2) is 0 Å². The van der Waals surface area contributed by atoms with E-state index < -0.39 is 5.60 Å². The van der Waals surface area contributed by atoms with Crippen LogP contribution in [0.1, 0.15) is 66.2 Å². The van der Waals surface area contributed by atoms with Gasteiger partial charge in [-0.05, 0) is 55.3 Å². The van der Waals surface area contributed by atoms with Crippen LogP contribution in [0.3, 0.4) is 0 Å². The van der Waals surface area contributed by atoms with Crippen molar-refractivity contribution in [3.63, 3.8) is 0 Å². The molecule has 0 unspecified atom stereocenters. The van der Waals surface area contributed by atoms with E-state index in [1.807, 2.05) is 6.92 Å². The zero-order chi connectivity index (χ0) is 16.6. The van der Waals surface area contributed by atoms with Crippen molar-refractivity contribution in [3.8, 4) is 0 Å². The normalized spacial score (nSPS) is 40.8. The molecule has 0 radical (unpaired) electrons. The fraction of sp³-hybridized carbons (Fsp3) is 0.944. The van der Waals surface area contributed by atoms with E-state index in [-0.39, 0.29) is 29.3 Å². The van der Waals surface area contributed by atoms with Crippen LogP contribution in [-0.4, -0.2) is 34.9 Å². The highest BCUT2D eigenvalue weighted by molar-refractivity contribution is 5.76. The molecule has 4 nitrogen and oxygen atoms in total. The molecule has 2 fully saturated rings. The van der Waals surface area contributed by atoms with Gasteiger partial charge in [0.15, 0.2) is 0 Å². The third-order valence-electron chi connectivity index (χ3n) is 6.43. The van der Waals surface area contributed by atoms with E-state index in [9.17, 15) is 9.90 Å². The van der Waals surface area contributed by atoms with Crippen molar-refractivity contribution >= 4 is 5.91 Å². The Morgan fingerprint density at radius 2 is 1.86 bits per heavy atom. The molecule has 0 aliphatic heterocycles. The summed E-state index contributed by atoms with van der Waals surface area (Å²) in [6, 6.07) is 0. The summed E-state index contributed by atoms with van der Waals surface area (Å²) < 4.78 is 0. The number of hydrogen-bond donors (Lipinski definition) is 3. The van der Waals surface area contributed by atoms with Gasteiger partial charge < -0.3 is 15.5 Å². The maximum atomic E-state index is 12.0. The lowest BCUT2D eigenvalue weighted by Gasteiger charge is -2.59. The summed E-state index contributed by atoms with van der Waals surface area (Å²) in [5, 5.41) is 22.5. The largest absolute Gasteiger partial charge is 0.395 e. The predicted octanol–water partition coefficient (Wildman–Crippen LogP) is 2.48. The summed E-state index contributed by atoms with van der Waals surface area (Å²) >= 11 is 0. The Hall–Kier alpha value is -0.610. The van der Waals surface area contributed by atoms with E-state index >= 15 is 0 Å². The molecule has 22 heavy (non-hydrogen) atoms. The van der Waals surface area contributed by atoms with E-state index in [2.05, 4.69) is 26.1 Å². The van der Waals surface area contributed by atoms with E-state index in [0.29, 0.717) is 18.9 Å². The van der Waals surface area contributed by atoms with Gasteiger partial charge in [0.05, 0.1) is 12.2 Å². The van der Waals surface area contributed by atoms with Gasteiger partial charge in [-0.3, -0.25) is 4.79 Å². The number of amides is 1. The molecule has 2 rings (SSSR count). The van der Waals surface area contributed by atoms with Crippen molar-refractivity contribution in [1.82, 2.24) is 5.32 Å². The van der Waals surface area contributed by atoms with Gasteiger partial charge in [-0.15, -0.1) is 0 Å². The molecule has 2 saturated carbocycles. The van der Waals surface area contributed by atoms with Crippen LogP contribution in [0.5, 0.6) is 0 Å². The van der Waals surface area contributed by atoms with Crippen molar-refractivity contribution in [2.75, 3.05) is 13.2 Å². The predicted molar refractivity (Wildman–Crippen MR) is 87.3 cm³/mol. The van der Waals surface area contributed by atoms with Gasteiger partial charge in [0.1, 0.15) is 0 Å².